The minimum atomic E-state index is 0.190. The van der Waals surface area contributed by atoms with Gasteiger partial charge in [-0.1, -0.05) is 63.2 Å². The molecule has 0 amide bonds. The van der Waals surface area contributed by atoms with Crippen LogP contribution in [0.1, 0.15) is 31.9 Å². The highest BCUT2D eigenvalue weighted by Gasteiger charge is 2.13. The molecule has 0 radical (unpaired) electrons. The Bertz CT molecular complexity index is 540. The van der Waals surface area contributed by atoms with Crippen LogP contribution >= 0.6 is 11.8 Å². The van der Waals surface area contributed by atoms with Gasteiger partial charge in [-0.25, -0.2) is 0 Å². The lowest BCUT2D eigenvalue weighted by atomic mass is 9.86. The fraction of sp³-hybridized carbons (Fsp3) is 0.368. The summed E-state index contributed by atoms with van der Waals surface area (Å²) in [6.07, 6.45) is 0.935. The van der Waals surface area contributed by atoms with Crippen molar-refractivity contribution < 1.29 is 0 Å². The molecule has 0 bridgehead atoms. The second-order valence-electron chi connectivity index (χ2n) is 6.54. The van der Waals surface area contributed by atoms with Gasteiger partial charge in [0.15, 0.2) is 0 Å². The van der Waals surface area contributed by atoms with E-state index in [9.17, 15) is 0 Å². The van der Waals surface area contributed by atoms with Gasteiger partial charge >= 0.3 is 0 Å². The Balaban J connectivity index is 1.86. The van der Waals surface area contributed by atoms with Crippen LogP contribution < -0.4 is 5.73 Å². The van der Waals surface area contributed by atoms with Crippen molar-refractivity contribution in [1.29, 1.82) is 0 Å². The van der Waals surface area contributed by atoms with Crippen molar-refractivity contribution in [2.45, 2.75) is 43.5 Å². The van der Waals surface area contributed by atoms with Gasteiger partial charge in [0, 0.05) is 16.7 Å². The fourth-order valence-electron chi connectivity index (χ4n) is 2.22. The number of rotatable bonds is 5. The predicted molar refractivity (Wildman–Crippen MR) is 94.0 cm³/mol. The maximum Gasteiger partial charge on any atom is 0.0174 e. The molecule has 1 nitrogen and oxygen atoms in total. The van der Waals surface area contributed by atoms with Gasteiger partial charge in [0.2, 0.25) is 0 Å². The van der Waals surface area contributed by atoms with Gasteiger partial charge in [0.1, 0.15) is 0 Å². The van der Waals surface area contributed by atoms with E-state index in [-0.39, 0.29) is 11.5 Å². The highest BCUT2D eigenvalue weighted by atomic mass is 32.2. The van der Waals surface area contributed by atoms with Crippen LogP contribution in [0.5, 0.6) is 0 Å². The van der Waals surface area contributed by atoms with E-state index in [1.807, 2.05) is 17.8 Å². The molecule has 2 heteroatoms. The molecule has 0 heterocycles. The van der Waals surface area contributed by atoms with Crippen LogP contribution in [0.2, 0.25) is 0 Å². The molecule has 0 aromatic heterocycles. The maximum absolute atomic E-state index is 6.26. The van der Waals surface area contributed by atoms with Crippen molar-refractivity contribution in [3.8, 4) is 0 Å². The Labute approximate surface area is 133 Å². The molecule has 1 unspecified atom stereocenters. The van der Waals surface area contributed by atoms with Gasteiger partial charge < -0.3 is 5.73 Å². The standard InChI is InChI=1S/C19H25NS/c1-19(2,3)16-11-9-15(10-12-16)13-17(20)14-21-18-7-5-4-6-8-18/h4-12,17H,13-14,20H2,1-3H3. The molecule has 0 aliphatic rings. The molecule has 2 rings (SSSR count). The summed E-state index contributed by atoms with van der Waals surface area (Å²) in [5.74, 6) is 0.949. The van der Waals surface area contributed by atoms with Gasteiger partial charge in [-0.15, -0.1) is 11.8 Å². The van der Waals surface area contributed by atoms with E-state index in [0.717, 1.165) is 12.2 Å². The normalized spacial score (nSPS) is 13.1. The smallest absolute Gasteiger partial charge is 0.0174 e. The van der Waals surface area contributed by atoms with E-state index >= 15 is 0 Å². The lowest BCUT2D eigenvalue weighted by Crippen LogP contribution is -2.25. The van der Waals surface area contributed by atoms with E-state index in [0.29, 0.717) is 0 Å². The van der Waals surface area contributed by atoms with Crippen molar-refractivity contribution in [2.75, 3.05) is 5.75 Å². The Hall–Kier alpha value is -1.25. The number of thioether (sulfide) groups is 1. The maximum atomic E-state index is 6.26. The van der Waals surface area contributed by atoms with Gasteiger partial charge in [-0.2, -0.15) is 0 Å². The minimum absolute atomic E-state index is 0.190. The molecule has 1 atom stereocenters. The SMILES string of the molecule is CC(C)(C)c1ccc(CC(N)CSc2ccccc2)cc1. The molecular weight excluding hydrogens is 274 g/mol. The van der Waals surface area contributed by atoms with Gasteiger partial charge in [0.25, 0.3) is 0 Å². The van der Waals surface area contributed by atoms with Crippen LogP contribution in [0, 0.1) is 0 Å². The molecule has 0 saturated heterocycles. The predicted octanol–water partition coefficient (Wildman–Crippen LogP) is 4.65. The van der Waals surface area contributed by atoms with Crippen LogP contribution in [-0.4, -0.2) is 11.8 Å². The van der Waals surface area contributed by atoms with Crippen molar-refractivity contribution in [3.05, 3.63) is 65.7 Å². The first-order chi connectivity index (χ1) is 9.95. The first-order valence-corrected chi connectivity index (χ1v) is 8.46. The molecule has 2 N–H and O–H groups in total. The third-order valence-corrected chi connectivity index (χ3v) is 4.73. The van der Waals surface area contributed by atoms with Crippen molar-refractivity contribution >= 4 is 11.8 Å². The molecular formula is C19H25NS. The summed E-state index contributed by atoms with van der Waals surface area (Å²) in [6, 6.07) is 19.5. The molecule has 0 saturated carbocycles. The third kappa shape index (κ3) is 5.22. The second kappa shape index (κ2) is 7.15. The monoisotopic (exact) mass is 299 g/mol. The summed E-state index contributed by atoms with van der Waals surface area (Å²) in [5.41, 5.74) is 9.17. The largest absolute Gasteiger partial charge is 0.327 e. The first kappa shape index (κ1) is 16.1. The molecule has 0 aliphatic carbocycles. The Morgan fingerprint density at radius 2 is 1.57 bits per heavy atom. The molecule has 112 valence electrons. The number of benzene rings is 2. The lowest BCUT2D eigenvalue weighted by molar-refractivity contribution is 0.589. The van der Waals surface area contributed by atoms with Crippen molar-refractivity contribution in [2.24, 2.45) is 5.73 Å². The number of hydrogen-bond acceptors (Lipinski definition) is 2. The molecule has 0 aliphatic heterocycles. The first-order valence-electron chi connectivity index (χ1n) is 7.48. The zero-order chi connectivity index (χ0) is 15.3. The fourth-order valence-corrected chi connectivity index (χ4v) is 3.10. The molecule has 2 aromatic carbocycles. The number of hydrogen-bond donors (Lipinski definition) is 1. The zero-order valence-corrected chi connectivity index (χ0v) is 14.0. The number of nitrogens with two attached hydrogens (primary N) is 1. The average Bonchev–Trinajstić information content (AvgIpc) is 2.46. The van der Waals surface area contributed by atoms with Crippen molar-refractivity contribution in [1.82, 2.24) is 0 Å². The average molecular weight is 299 g/mol. The van der Waals surface area contributed by atoms with Crippen LogP contribution in [0.3, 0.4) is 0 Å². The van der Waals surface area contributed by atoms with Crippen molar-refractivity contribution in [3.63, 3.8) is 0 Å². The third-order valence-electron chi connectivity index (χ3n) is 3.53. The van der Waals surface area contributed by atoms with Gasteiger partial charge in [-0.05, 0) is 35.1 Å². The zero-order valence-electron chi connectivity index (χ0n) is 13.2. The molecule has 0 fully saturated rings. The van der Waals surface area contributed by atoms with E-state index in [4.69, 9.17) is 5.73 Å². The van der Waals surface area contributed by atoms with Gasteiger partial charge in [0.05, 0.1) is 0 Å². The van der Waals surface area contributed by atoms with E-state index < -0.39 is 0 Å². The molecule has 0 spiro atoms. The summed E-state index contributed by atoms with van der Waals surface area (Å²) in [4.78, 5) is 1.29. The summed E-state index contributed by atoms with van der Waals surface area (Å²) in [5, 5.41) is 0. The molecule has 21 heavy (non-hydrogen) atoms. The van der Waals surface area contributed by atoms with E-state index in [1.54, 1.807) is 0 Å². The topological polar surface area (TPSA) is 26.0 Å². The highest BCUT2D eigenvalue weighted by Crippen LogP contribution is 2.23. The second-order valence-corrected chi connectivity index (χ2v) is 7.63. The van der Waals surface area contributed by atoms with Crippen LogP contribution in [0.15, 0.2) is 59.5 Å². The minimum Gasteiger partial charge on any atom is -0.327 e. The van der Waals surface area contributed by atoms with Crippen LogP contribution in [0.4, 0.5) is 0 Å². The summed E-state index contributed by atoms with van der Waals surface area (Å²) < 4.78 is 0. The van der Waals surface area contributed by atoms with E-state index in [2.05, 4.69) is 69.3 Å². The summed E-state index contributed by atoms with van der Waals surface area (Å²) in [6.45, 7) is 6.72. The molecule has 2 aromatic rings. The van der Waals surface area contributed by atoms with Crippen LogP contribution in [0.25, 0.3) is 0 Å². The highest BCUT2D eigenvalue weighted by molar-refractivity contribution is 7.99. The Kier molecular flexibility index (Phi) is 5.49. The lowest BCUT2D eigenvalue weighted by Gasteiger charge is -2.19. The summed E-state index contributed by atoms with van der Waals surface area (Å²) >= 11 is 1.83. The Morgan fingerprint density at radius 1 is 0.952 bits per heavy atom. The quantitative estimate of drug-likeness (QED) is 0.814. The van der Waals surface area contributed by atoms with Gasteiger partial charge in [-0.3, -0.25) is 0 Å². The van der Waals surface area contributed by atoms with Crippen LogP contribution in [-0.2, 0) is 11.8 Å². The Morgan fingerprint density at radius 3 is 2.14 bits per heavy atom. The van der Waals surface area contributed by atoms with E-state index in [1.165, 1.54) is 16.0 Å². The summed E-state index contributed by atoms with van der Waals surface area (Å²) in [7, 11) is 0.